The van der Waals surface area contributed by atoms with Crippen LogP contribution >= 0.6 is 0 Å². The molecule has 3 atom stereocenters. The Bertz CT molecular complexity index is 511. The molecule has 4 fully saturated rings. The summed E-state index contributed by atoms with van der Waals surface area (Å²) in [5.41, 5.74) is 0. The lowest BCUT2D eigenvalue weighted by molar-refractivity contribution is -0.142. The van der Waals surface area contributed by atoms with Gasteiger partial charge in [-0.25, -0.2) is 0 Å². The first kappa shape index (κ1) is 20.7. The number of hydrogen-bond acceptors (Lipinski definition) is 3. The third-order valence-corrected chi connectivity index (χ3v) is 8.08. The molecule has 0 N–H and O–H groups in total. The van der Waals surface area contributed by atoms with Gasteiger partial charge in [0.05, 0.1) is 12.2 Å². The largest absolute Gasteiger partial charge is 0.375 e. The van der Waals surface area contributed by atoms with E-state index in [2.05, 4.69) is 16.7 Å². The second kappa shape index (κ2) is 9.47. The zero-order valence-electron chi connectivity index (χ0n) is 18.3. The maximum Gasteiger partial charge on any atom is 0.220 e. The van der Waals surface area contributed by atoms with Crippen molar-refractivity contribution in [2.45, 2.75) is 128 Å². The van der Waals surface area contributed by atoms with Crippen LogP contribution in [0.4, 0.5) is 0 Å². The lowest BCUT2D eigenvalue weighted by Crippen LogP contribution is -2.65. The highest BCUT2D eigenvalue weighted by Gasteiger charge is 2.43. The van der Waals surface area contributed by atoms with Crippen molar-refractivity contribution >= 4 is 5.91 Å². The fourth-order valence-electron chi connectivity index (χ4n) is 6.74. The van der Waals surface area contributed by atoms with Gasteiger partial charge in [0.15, 0.2) is 0 Å². The molecule has 0 aromatic heterocycles. The smallest absolute Gasteiger partial charge is 0.220 e. The number of carbonyl (C=O) groups is 1. The average Bonchev–Trinajstić information content (AvgIpc) is 2.70. The van der Waals surface area contributed by atoms with Crippen LogP contribution in [0.2, 0.25) is 0 Å². The van der Waals surface area contributed by atoms with E-state index in [-0.39, 0.29) is 5.91 Å². The average molecular weight is 391 g/mol. The van der Waals surface area contributed by atoms with Gasteiger partial charge in [-0.1, -0.05) is 32.1 Å². The van der Waals surface area contributed by atoms with E-state index in [4.69, 9.17) is 4.74 Å². The Hall–Kier alpha value is -0.610. The van der Waals surface area contributed by atoms with E-state index in [1.165, 1.54) is 90.0 Å². The number of rotatable bonds is 4. The molecule has 160 valence electrons. The van der Waals surface area contributed by atoms with E-state index in [0.29, 0.717) is 30.3 Å². The van der Waals surface area contributed by atoms with E-state index in [0.717, 1.165) is 12.5 Å². The Labute approximate surface area is 172 Å². The minimum atomic E-state index is 0.282. The molecule has 1 heterocycles. The van der Waals surface area contributed by atoms with Gasteiger partial charge in [0.25, 0.3) is 0 Å². The van der Waals surface area contributed by atoms with Crippen LogP contribution in [0.15, 0.2) is 0 Å². The van der Waals surface area contributed by atoms with Crippen molar-refractivity contribution in [2.75, 3.05) is 13.1 Å². The van der Waals surface area contributed by atoms with Gasteiger partial charge in [-0.15, -0.1) is 0 Å². The molecule has 28 heavy (non-hydrogen) atoms. The molecular formula is C24H42N2O2. The van der Waals surface area contributed by atoms with Gasteiger partial charge in [0, 0.05) is 38.1 Å². The van der Waals surface area contributed by atoms with Crippen molar-refractivity contribution in [3.8, 4) is 0 Å². The number of ether oxygens (including phenoxy) is 1. The summed E-state index contributed by atoms with van der Waals surface area (Å²) in [6.07, 6.45) is 18.1. The van der Waals surface area contributed by atoms with Gasteiger partial charge in [-0.3, -0.25) is 9.69 Å². The molecule has 1 aliphatic heterocycles. The molecule has 2 unspecified atom stereocenters. The van der Waals surface area contributed by atoms with Gasteiger partial charge < -0.3 is 9.64 Å². The topological polar surface area (TPSA) is 32.8 Å². The Balaban J connectivity index is 1.29. The quantitative estimate of drug-likeness (QED) is 0.694. The highest BCUT2D eigenvalue weighted by molar-refractivity contribution is 5.74. The number of nitrogens with zero attached hydrogens (tertiary/aromatic N) is 2. The van der Waals surface area contributed by atoms with Crippen LogP contribution in [0.5, 0.6) is 0 Å². The standard InChI is InChI=1S/C24H42N2O2/c1-18-16-25(23-10-6-7-11-24(23)26(18)19(2)27)17-20-12-14-22(15-13-20)28-21-8-4-3-5-9-21/h18,20-24H,3-17H2,1-2H3/t18-,20?,22?,23?,24?/m0/s1. The lowest BCUT2D eigenvalue weighted by Gasteiger charge is -2.53. The number of piperazine rings is 1. The molecule has 1 saturated heterocycles. The van der Waals surface area contributed by atoms with Crippen LogP contribution in [-0.4, -0.2) is 59.1 Å². The van der Waals surface area contributed by atoms with Crippen LogP contribution in [0.1, 0.15) is 97.3 Å². The molecule has 4 nitrogen and oxygen atoms in total. The summed E-state index contributed by atoms with van der Waals surface area (Å²) >= 11 is 0. The Morgan fingerprint density at radius 2 is 1.43 bits per heavy atom. The van der Waals surface area contributed by atoms with E-state index in [1.54, 1.807) is 6.92 Å². The highest BCUT2D eigenvalue weighted by Crippen LogP contribution is 2.36. The van der Waals surface area contributed by atoms with Gasteiger partial charge in [-0.05, 0) is 64.2 Å². The highest BCUT2D eigenvalue weighted by atomic mass is 16.5. The van der Waals surface area contributed by atoms with Crippen molar-refractivity contribution < 1.29 is 9.53 Å². The van der Waals surface area contributed by atoms with Crippen molar-refractivity contribution in [1.29, 1.82) is 0 Å². The lowest BCUT2D eigenvalue weighted by atomic mass is 9.82. The summed E-state index contributed by atoms with van der Waals surface area (Å²) in [6, 6.07) is 1.42. The SMILES string of the molecule is CC(=O)N1C2CCCCC2N(CC2CCC(OC3CCCCC3)CC2)C[C@@H]1C. The van der Waals surface area contributed by atoms with Crippen LogP contribution < -0.4 is 0 Å². The van der Waals surface area contributed by atoms with E-state index < -0.39 is 0 Å². The molecule has 0 radical (unpaired) electrons. The van der Waals surface area contributed by atoms with E-state index in [9.17, 15) is 4.79 Å². The molecule has 3 aliphatic carbocycles. The molecule has 4 rings (SSSR count). The fourth-order valence-corrected chi connectivity index (χ4v) is 6.74. The molecule has 4 heteroatoms. The van der Waals surface area contributed by atoms with Gasteiger partial charge in [0.1, 0.15) is 0 Å². The number of hydrogen-bond donors (Lipinski definition) is 0. The molecule has 3 saturated carbocycles. The second-order valence-electron chi connectivity index (χ2n) is 10.2. The predicted octanol–water partition coefficient (Wildman–Crippen LogP) is 4.76. The Kier molecular flexibility index (Phi) is 6.98. The number of carbonyl (C=O) groups excluding carboxylic acids is 1. The minimum absolute atomic E-state index is 0.282. The minimum Gasteiger partial charge on any atom is -0.375 e. The van der Waals surface area contributed by atoms with Crippen molar-refractivity contribution in [1.82, 2.24) is 9.80 Å². The zero-order chi connectivity index (χ0) is 19.5. The molecule has 1 amide bonds. The summed E-state index contributed by atoms with van der Waals surface area (Å²) in [6.45, 7) is 6.34. The van der Waals surface area contributed by atoms with Crippen LogP contribution in [0.25, 0.3) is 0 Å². The van der Waals surface area contributed by atoms with Crippen LogP contribution in [-0.2, 0) is 9.53 Å². The molecule has 4 aliphatic rings. The number of amides is 1. The van der Waals surface area contributed by atoms with Crippen molar-refractivity contribution in [3.63, 3.8) is 0 Å². The first-order valence-electron chi connectivity index (χ1n) is 12.3. The third-order valence-electron chi connectivity index (χ3n) is 8.08. The molecular weight excluding hydrogens is 348 g/mol. The second-order valence-corrected chi connectivity index (χ2v) is 10.2. The zero-order valence-corrected chi connectivity index (χ0v) is 18.3. The normalized spacial score (nSPS) is 38.2. The fraction of sp³-hybridized carbons (Fsp3) is 0.958. The first-order valence-corrected chi connectivity index (χ1v) is 12.3. The van der Waals surface area contributed by atoms with Gasteiger partial charge in [-0.2, -0.15) is 0 Å². The van der Waals surface area contributed by atoms with Crippen molar-refractivity contribution in [2.24, 2.45) is 5.92 Å². The van der Waals surface area contributed by atoms with E-state index >= 15 is 0 Å². The molecule has 0 aromatic rings. The van der Waals surface area contributed by atoms with E-state index in [1.807, 2.05) is 0 Å². The maximum absolute atomic E-state index is 12.3. The maximum atomic E-state index is 12.3. The van der Waals surface area contributed by atoms with Gasteiger partial charge in [0.2, 0.25) is 5.91 Å². The molecule has 0 bridgehead atoms. The predicted molar refractivity (Wildman–Crippen MR) is 113 cm³/mol. The summed E-state index contributed by atoms with van der Waals surface area (Å²) in [5.74, 6) is 1.11. The molecule has 0 aromatic carbocycles. The van der Waals surface area contributed by atoms with Gasteiger partial charge >= 0.3 is 0 Å². The first-order chi connectivity index (χ1) is 13.6. The summed E-state index contributed by atoms with van der Waals surface area (Å²) < 4.78 is 6.46. The van der Waals surface area contributed by atoms with Crippen molar-refractivity contribution in [3.05, 3.63) is 0 Å². The van der Waals surface area contributed by atoms with Crippen LogP contribution in [0.3, 0.4) is 0 Å². The summed E-state index contributed by atoms with van der Waals surface area (Å²) in [5, 5.41) is 0. The Morgan fingerprint density at radius 3 is 2.11 bits per heavy atom. The third kappa shape index (κ3) is 4.75. The molecule has 0 spiro atoms. The number of fused-ring (bicyclic) bond motifs is 1. The monoisotopic (exact) mass is 390 g/mol. The summed E-state index contributed by atoms with van der Waals surface area (Å²) in [7, 11) is 0. The Morgan fingerprint density at radius 1 is 0.821 bits per heavy atom. The summed E-state index contributed by atoms with van der Waals surface area (Å²) in [4.78, 5) is 17.3. The van der Waals surface area contributed by atoms with Crippen LogP contribution in [0, 0.1) is 5.92 Å².